The molecule has 48 heavy (non-hydrogen) atoms. The van der Waals surface area contributed by atoms with Crippen molar-refractivity contribution in [2.24, 2.45) is 0 Å². The molecule has 0 aliphatic carbocycles. The molecule has 1 radical (unpaired) electrons. The summed E-state index contributed by atoms with van der Waals surface area (Å²) in [6.07, 6.45) is 2.54. The van der Waals surface area contributed by atoms with Gasteiger partial charge in [-0.3, -0.25) is 9.80 Å². The van der Waals surface area contributed by atoms with Gasteiger partial charge in [0.25, 0.3) is 0 Å². The van der Waals surface area contributed by atoms with Crippen LogP contribution in [0, 0.1) is 11.3 Å². The maximum absolute atomic E-state index is 10.7. The molecule has 2 aromatic rings. The first-order chi connectivity index (χ1) is 21.2. The first-order valence-electron chi connectivity index (χ1n) is 14.6. The normalized spacial score (nSPS) is 22.6. The van der Waals surface area contributed by atoms with E-state index >= 15 is 0 Å². The van der Waals surface area contributed by atoms with Gasteiger partial charge in [-0.15, -0.1) is 0 Å². The summed E-state index contributed by atoms with van der Waals surface area (Å²) in [5.41, 5.74) is 2.88. The van der Waals surface area contributed by atoms with Gasteiger partial charge < -0.3 is 9.80 Å². The summed E-state index contributed by atoms with van der Waals surface area (Å²) in [5.74, 6) is 0. The van der Waals surface area contributed by atoms with Crippen LogP contribution in [0.15, 0.2) is 60.7 Å². The number of hydrogen-bond acceptors (Lipinski definition) is 5. The number of nitriles is 1. The third-order valence-electron chi connectivity index (χ3n) is 6.59. The molecule has 2 bridgehead atoms. The third-order valence-corrected chi connectivity index (χ3v) is 6.59. The summed E-state index contributed by atoms with van der Waals surface area (Å²) in [6.45, 7) is 15.6. The van der Waals surface area contributed by atoms with E-state index in [1.54, 1.807) is 6.07 Å². The summed E-state index contributed by atoms with van der Waals surface area (Å²) < 4.78 is 118. The van der Waals surface area contributed by atoms with Gasteiger partial charge in [0, 0.05) is 59.3 Å². The van der Waals surface area contributed by atoms with E-state index in [9.17, 15) is 50.4 Å². The molecule has 0 saturated carbocycles. The topological polar surface area (TPSA) is 36.8 Å². The van der Waals surface area contributed by atoms with Crippen molar-refractivity contribution in [2.45, 2.75) is 32.9 Å². The van der Waals surface area contributed by atoms with Crippen molar-refractivity contribution in [3.63, 3.8) is 0 Å². The van der Waals surface area contributed by atoms with Crippen LogP contribution in [0.3, 0.4) is 0 Å². The predicted molar refractivity (Wildman–Crippen MR) is 164 cm³/mol. The van der Waals surface area contributed by atoms with Crippen molar-refractivity contribution in [1.82, 2.24) is 19.6 Å². The molecular weight excluding hydrogens is 760 g/mol. The van der Waals surface area contributed by atoms with Gasteiger partial charge in [-0.1, -0.05) is 60.7 Å². The minimum Gasteiger partial charge on any atom is -0.301 e. The van der Waals surface area contributed by atoms with E-state index in [4.69, 9.17) is 5.26 Å². The summed E-state index contributed by atoms with van der Waals surface area (Å²) in [5, 5.41) is 7.32. The van der Waals surface area contributed by atoms with Crippen LogP contribution in [-0.2, 0) is 30.2 Å². The molecule has 2 atom stereocenters. The molecule has 2 aliphatic heterocycles. The maximum atomic E-state index is 9.87. The minimum absolute atomic E-state index is 0. The minimum atomic E-state index is -10.7. The summed E-state index contributed by atoms with van der Waals surface area (Å²) in [4.78, 5) is 10.8. The van der Waals surface area contributed by atoms with E-state index in [2.05, 4.69) is 80.3 Å². The Morgan fingerprint density at radius 1 is 0.500 bits per heavy atom. The fourth-order valence-corrected chi connectivity index (χ4v) is 4.78. The molecule has 4 rings (SSSR count). The van der Waals surface area contributed by atoms with Crippen LogP contribution >= 0.6 is 15.6 Å². The van der Waals surface area contributed by atoms with E-state index in [1.807, 2.05) is 0 Å². The molecule has 2 unspecified atom stereocenters. The molecule has 0 amide bonds. The van der Waals surface area contributed by atoms with Gasteiger partial charge in [-0.2, -0.15) is 5.26 Å². The first kappa shape index (κ1) is 46.3. The molecule has 0 spiro atoms. The van der Waals surface area contributed by atoms with Gasteiger partial charge >= 0.3 is 83.0 Å². The van der Waals surface area contributed by atoms with Crippen LogP contribution in [0.2, 0.25) is 0 Å². The van der Waals surface area contributed by atoms with E-state index in [1.165, 1.54) is 96.3 Å². The number of benzene rings is 2. The van der Waals surface area contributed by atoms with Crippen molar-refractivity contribution >= 4 is 15.6 Å². The zero-order chi connectivity index (χ0) is 36.0. The molecule has 2 fully saturated rings. The van der Waals surface area contributed by atoms with Crippen molar-refractivity contribution < 1.29 is 67.4 Å². The van der Waals surface area contributed by atoms with Crippen LogP contribution < -0.4 is 0 Å². The Labute approximate surface area is 283 Å². The SMILES string of the molecule is CC#N.F[P-](F)(F)(F)(F)F.F[P-](F)(F)(F)(F)F.[Cu+2].c1ccc(CN2CCCN3CCN(CCCN(Cc4ccccc4)CC3)CC2)cc1. The second kappa shape index (κ2) is 17.5. The molecule has 283 valence electrons. The Bertz CT molecular complexity index is 1120. The van der Waals surface area contributed by atoms with E-state index in [0.717, 1.165) is 13.1 Å². The molecule has 20 heteroatoms. The van der Waals surface area contributed by atoms with Gasteiger partial charge in [-0.05, 0) is 50.1 Å². The Balaban J connectivity index is 0.00000102. The Hall–Kier alpha value is -1.69. The average Bonchev–Trinajstić information content (AvgIpc) is 2.90. The zero-order valence-corrected chi connectivity index (χ0v) is 28.9. The average molecular weight is 801 g/mol. The zero-order valence-electron chi connectivity index (χ0n) is 26.1. The monoisotopic (exact) mass is 800 g/mol. The Morgan fingerprint density at radius 2 is 0.750 bits per heavy atom. The largest absolute Gasteiger partial charge is 2.00 e. The summed E-state index contributed by atoms with van der Waals surface area (Å²) in [6, 6.07) is 23.7. The molecule has 2 aliphatic rings. The van der Waals surface area contributed by atoms with Crippen molar-refractivity contribution in [3.8, 4) is 6.07 Å². The van der Waals surface area contributed by atoms with Gasteiger partial charge in [0.05, 0.1) is 6.07 Å². The number of fused-ring (bicyclic) bond motifs is 3. The fourth-order valence-electron chi connectivity index (χ4n) is 4.78. The summed E-state index contributed by atoms with van der Waals surface area (Å²) >= 11 is 0. The molecule has 5 nitrogen and oxygen atoms in total. The van der Waals surface area contributed by atoms with Crippen LogP contribution in [0.25, 0.3) is 0 Å². The quantitative estimate of drug-likeness (QED) is 0.175. The van der Waals surface area contributed by atoms with Crippen molar-refractivity contribution in [2.75, 3.05) is 65.4 Å². The van der Waals surface area contributed by atoms with E-state index in [-0.39, 0.29) is 17.1 Å². The number of hydrogen-bond donors (Lipinski definition) is 0. The van der Waals surface area contributed by atoms with Crippen LogP contribution in [0.4, 0.5) is 50.4 Å². The van der Waals surface area contributed by atoms with Gasteiger partial charge in [-0.25, -0.2) is 0 Å². The van der Waals surface area contributed by atoms with Gasteiger partial charge in [0.1, 0.15) is 0 Å². The molecule has 0 aromatic heterocycles. The third kappa shape index (κ3) is 34.2. The number of rotatable bonds is 4. The van der Waals surface area contributed by atoms with Crippen molar-refractivity contribution in [1.29, 1.82) is 5.26 Å². The first-order valence-corrected chi connectivity index (χ1v) is 18.6. The smallest absolute Gasteiger partial charge is 0.301 e. The van der Waals surface area contributed by atoms with E-state index < -0.39 is 15.6 Å². The standard InChI is InChI=1S/C26H38N4.C2H3N.Cu.2F6P/c1-3-9-25(10-4-1)23-29-15-7-13-28-18-17-27(19-21-29)14-8-16-30(22-20-28)24-26-11-5-2-6-12-26;1-2-3;;2*1-7(2,3,4,5)6/h1-6,9-12H,7-8,13-24H2;1H3;;;/q;;+2;2*-1. The number of halogens is 12. The summed E-state index contributed by atoms with van der Waals surface area (Å²) in [7, 11) is -21.3. The maximum Gasteiger partial charge on any atom is 2.00 e. The van der Waals surface area contributed by atoms with E-state index in [0.29, 0.717) is 0 Å². The second-order valence-electron chi connectivity index (χ2n) is 11.1. The molecule has 0 N–H and O–H groups in total. The fraction of sp³-hybridized carbons (Fsp3) is 0.536. The molecule has 2 heterocycles. The molecular formula is C28H41CuF12N5P2. The van der Waals surface area contributed by atoms with Crippen LogP contribution in [0.1, 0.15) is 30.9 Å². The van der Waals surface area contributed by atoms with Crippen LogP contribution in [-0.4, -0.2) is 85.0 Å². The molecule has 2 saturated heterocycles. The Morgan fingerprint density at radius 3 is 1.02 bits per heavy atom. The van der Waals surface area contributed by atoms with Gasteiger partial charge in [0.2, 0.25) is 0 Å². The molecule has 2 aromatic carbocycles. The van der Waals surface area contributed by atoms with Crippen LogP contribution in [0.5, 0.6) is 0 Å². The second-order valence-corrected chi connectivity index (χ2v) is 14.9. The van der Waals surface area contributed by atoms with Gasteiger partial charge in [0.15, 0.2) is 0 Å². The van der Waals surface area contributed by atoms with Crippen molar-refractivity contribution in [3.05, 3.63) is 71.8 Å². The Kier molecular flexibility index (Phi) is 16.9. The number of nitrogens with zero attached hydrogens (tertiary/aromatic N) is 5. The predicted octanol–water partition coefficient (Wildman–Crippen LogP) is 10.7.